The van der Waals surface area contributed by atoms with Crippen molar-refractivity contribution in [2.45, 2.75) is 26.3 Å². The molecular weight excluding hydrogens is 270 g/mol. The summed E-state index contributed by atoms with van der Waals surface area (Å²) < 4.78 is 0. The summed E-state index contributed by atoms with van der Waals surface area (Å²) in [6.45, 7) is 3.69. The number of nitrogens with zero attached hydrogens (tertiary/aromatic N) is 1. The largest absolute Gasteiger partial charge is 0.480 e. The van der Waals surface area contributed by atoms with Gasteiger partial charge in [0.1, 0.15) is 6.04 Å². The molecule has 0 unspecified atom stereocenters. The Balaban J connectivity index is 2.72. The number of amides is 2. The topological polar surface area (TPSA) is 81.7 Å². The fourth-order valence-electron chi connectivity index (χ4n) is 1.85. The first-order chi connectivity index (χ1) is 9.85. The van der Waals surface area contributed by atoms with E-state index in [1.54, 1.807) is 13.0 Å². The quantitative estimate of drug-likeness (QED) is 0.752. The molecule has 0 bridgehead atoms. The number of carboxylic acids is 1. The van der Waals surface area contributed by atoms with Gasteiger partial charge in [-0.3, -0.25) is 0 Å². The molecule has 1 rings (SSSR count). The van der Waals surface area contributed by atoms with E-state index in [0.717, 1.165) is 5.69 Å². The van der Waals surface area contributed by atoms with Crippen molar-refractivity contribution in [1.82, 2.24) is 5.32 Å². The lowest BCUT2D eigenvalue weighted by molar-refractivity contribution is -0.140. The molecule has 2 amide bonds. The van der Waals surface area contributed by atoms with Gasteiger partial charge in [0, 0.05) is 25.5 Å². The van der Waals surface area contributed by atoms with Gasteiger partial charge < -0.3 is 20.6 Å². The monoisotopic (exact) mass is 293 g/mol. The molecule has 0 aliphatic carbocycles. The molecule has 21 heavy (non-hydrogen) atoms. The third-order valence-corrected chi connectivity index (χ3v) is 3.39. The lowest BCUT2D eigenvalue weighted by Gasteiger charge is -2.20. The van der Waals surface area contributed by atoms with E-state index in [-0.39, 0.29) is 5.92 Å². The van der Waals surface area contributed by atoms with Gasteiger partial charge in [0.2, 0.25) is 0 Å². The van der Waals surface area contributed by atoms with E-state index in [2.05, 4.69) is 10.6 Å². The normalized spacial score (nSPS) is 13.1. The number of carboxylic acid groups (broad SMARTS) is 1. The Morgan fingerprint density at radius 2 is 2.00 bits per heavy atom. The van der Waals surface area contributed by atoms with Crippen LogP contribution in [-0.4, -0.2) is 37.2 Å². The first kappa shape index (κ1) is 16.8. The Bertz CT molecular complexity index is 503. The zero-order chi connectivity index (χ0) is 16.0. The zero-order valence-corrected chi connectivity index (χ0v) is 12.9. The summed E-state index contributed by atoms with van der Waals surface area (Å²) in [5.41, 5.74) is 1.57. The Morgan fingerprint density at radius 3 is 2.52 bits per heavy atom. The van der Waals surface area contributed by atoms with Crippen LogP contribution in [0.25, 0.3) is 0 Å². The van der Waals surface area contributed by atoms with Crippen LogP contribution in [-0.2, 0) is 4.79 Å². The van der Waals surface area contributed by atoms with Crippen molar-refractivity contribution in [3.05, 3.63) is 24.3 Å². The fraction of sp³-hybridized carbons (Fsp3) is 0.467. The van der Waals surface area contributed by atoms with Crippen LogP contribution in [0.5, 0.6) is 0 Å². The van der Waals surface area contributed by atoms with E-state index in [9.17, 15) is 9.59 Å². The van der Waals surface area contributed by atoms with Gasteiger partial charge in [-0.2, -0.15) is 0 Å². The number of hydrogen-bond donors (Lipinski definition) is 3. The molecule has 0 heterocycles. The van der Waals surface area contributed by atoms with Crippen molar-refractivity contribution in [3.63, 3.8) is 0 Å². The second-order valence-corrected chi connectivity index (χ2v) is 5.24. The maximum Gasteiger partial charge on any atom is 0.326 e. The van der Waals surface area contributed by atoms with Crippen molar-refractivity contribution in [3.8, 4) is 0 Å². The molecule has 2 atom stereocenters. The number of carbonyl (C=O) groups is 2. The SMILES string of the molecule is CC[C@H](C)[C@H](NC(=O)Nc1cccc(N(C)C)c1)C(=O)O. The molecule has 0 aliphatic heterocycles. The Labute approximate surface area is 125 Å². The Hall–Kier alpha value is -2.24. The molecule has 0 radical (unpaired) electrons. The van der Waals surface area contributed by atoms with Crippen molar-refractivity contribution in [2.75, 3.05) is 24.3 Å². The summed E-state index contributed by atoms with van der Waals surface area (Å²) in [5.74, 6) is -1.16. The summed E-state index contributed by atoms with van der Waals surface area (Å²) in [6, 6.07) is 5.91. The van der Waals surface area contributed by atoms with Crippen LogP contribution in [0.2, 0.25) is 0 Å². The average Bonchev–Trinajstić information content (AvgIpc) is 2.43. The molecule has 0 spiro atoms. The highest BCUT2D eigenvalue weighted by Crippen LogP contribution is 2.17. The predicted molar refractivity (Wildman–Crippen MR) is 83.8 cm³/mol. The molecule has 1 aromatic carbocycles. The van der Waals surface area contributed by atoms with Crippen LogP contribution in [0.15, 0.2) is 24.3 Å². The van der Waals surface area contributed by atoms with Gasteiger partial charge in [-0.25, -0.2) is 9.59 Å². The predicted octanol–water partition coefficient (Wildman–Crippen LogP) is 2.37. The molecule has 6 nitrogen and oxygen atoms in total. The summed E-state index contributed by atoms with van der Waals surface area (Å²) >= 11 is 0. The maximum atomic E-state index is 11.9. The van der Waals surface area contributed by atoms with E-state index < -0.39 is 18.0 Å². The Kier molecular flexibility index (Phi) is 6.02. The van der Waals surface area contributed by atoms with Gasteiger partial charge >= 0.3 is 12.0 Å². The van der Waals surface area contributed by atoms with Crippen molar-refractivity contribution >= 4 is 23.4 Å². The number of rotatable bonds is 6. The number of aliphatic carboxylic acids is 1. The third kappa shape index (κ3) is 4.98. The summed E-state index contributed by atoms with van der Waals surface area (Å²) in [4.78, 5) is 25.0. The highest BCUT2D eigenvalue weighted by molar-refractivity contribution is 5.92. The van der Waals surface area contributed by atoms with Crippen LogP contribution in [0.4, 0.5) is 16.2 Å². The highest BCUT2D eigenvalue weighted by atomic mass is 16.4. The standard InChI is InChI=1S/C15H23N3O3/c1-5-10(2)13(14(19)20)17-15(21)16-11-7-6-8-12(9-11)18(3)4/h6-10,13H,5H2,1-4H3,(H,19,20)(H2,16,17,21)/t10-,13-/m0/s1. The Morgan fingerprint density at radius 1 is 1.33 bits per heavy atom. The van der Waals surface area contributed by atoms with Crippen LogP contribution >= 0.6 is 0 Å². The number of benzene rings is 1. The van der Waals surface area contributed by atoms with E-state index in [1.807, 2.05) is 44.1 Å². The molecule has 3 N–H and O–H groups in total. The van der Waals surface area contributed by atoms with Crippen LogP contribution < -0.4 is 15.5 Å². The van der Waals surface area contributed by atoms with Crippen LogP contribution in [0.1, 0.15) is 20.3 Å². The van der Waals surface area contributed by atoms with Crippen molar-refractivity contribution < 1.29 is 14.7 Å². The highest BCUT2D eigenvalue weighted by Gasteiger charge is 2.25. The van der Waals surface area contributed by atoms with Crippen LogP contribution in [0, 0.1) is 5.92 Å². The lowest BCUT2D eigenvalue weighted by atomic mass is 9.99. The minimum atomic E-state index is -1.03. The molecule has 0 fully saturated rings. The van der Waals surface area contributed by atoms with Gasteiger partial charge in [-0.1, -0.05) is 26.3 Å². The van der Waals surface area contributed by atoms with Gasteiger partial charge in [0.05, 0.1) is 0 Å². The minimum absolute atomic E-state index is 0.138. The van der Waals surface area contributed by atoms with Crippen molar-refractivity contribution in [2.24, 2.45) is 5.92 Å². The van der Waals surface area contributed by atoms with E-state index >= 15 is 0 Å². The van der Waals surface area contributed by atoms with E-state index in [0.29, 0.717) is 12.1 Å². The summed E-state index contributed by atoms with van der Waals surface area (Å²) in [7, 11) is 3.81. The molecule has 116 valence electrons. The summed E-state index contributed by atoms with van der Waals surface area (Å²) in [5, 5.41) is 14.3. The van der Waals surface area contributed by atoms with E-state index in [1.165, 1.54) is 0 Å². The molecule has 6 heteroatoms. The van der Waals surface area contributed by atoms with Gasteiger partial charge in [0.25, 0.3) is 0 Å². The number of anilines is 2. The first-order valence-electron chi connectivity index (χ1n) is 6.92. The third-order valence-electron chi connectivity index (χ3n) is 3.39. The number of nitrogens with one attached hydrogen (secondary N) is 2. The maximum absolute atomic E-state index is 11.9. The van der Waals surface area contributed by atoms with Crippen molar-refractivity contribution in [1.29, 1.82) is 0 Å². The fourth-order valence-corrected chi connectivity index (χ4v) is 1.85. The molecule has 1 aromatic rings. The van der Waals surface area contributed by atoms with Gasteiger partial charge in [-0.05, 0) is 24.1 Å². The summed E-state index contributed by atoms with van der Waals surface area (Å²) in [6.07, 6.45) is 0.674. The molecule has 0 saturated heterocycles. The van der Waals surface area contributed by atoms with Gasteiger partial charge in [0.15, 0.2) is 0 Å². The average molecular weight is 293 g/mol. The van der Waals surface area contributed by atoms with E-state index in [4.69, 9.17) is 5.11 Å². The molecular formula is C15H23N3O3. The van der Waals surface area contributed by atoms with Crippen LogP contribution in [0.3, 0.4) is 0 Å². The molecule has 0 aliphatic rings. The first-order valence-corrected chi connectivity index (χ1v) is 6.92. The number of urea groups is 1. The lowest BCUT2D eigenvalue weighted by Crippen LogP contribution is -2.46. The second kappa shape index (κ2) is 7.52. The molecule has 0 aromatic heterocycles. The minimum Gasteiger partial charge on any atom is -0.480 e. The molecule has 0 saturated carbocycles. The smallest absolute Gasteiger partial charge is 0.326 e. The van der Waals surface area contributed by atoms with Gasteiger partial charge in [-0.15, -0.1) is 0 Å². The number of carbonyl (C=O) groups excluding carboxylic acids is 1. The second-order valence-electron chi connectivity index (χ2n) is 5.24. The zero-order valence-electron chi connectivity index (χ0n) is 12.9. The number of hydrogen-bond acceptors (Lipinski definition) is 3.